The molecule has 3 unspecified atom stereocenters. The van der Waals surface area contributed by atoms with E-state index in [4.69, 9.17) is 10.5 Å². The number of nitrogens with two attached hydrogens (primary N) is 1. The molecule has 1 amide bonds. The van der Waals surface area contributed by atoms with Crippen molar-refractivity contribution in [1.29, 1.82) is 0 Å². The van der Waals surface area contributed by atoms with E-state index in [2.05, 4.69) is 17.0 Å². The van der Waals surface area contributed by atoms with Gasteiger partial charge < -0.3 is 15.6 Å². The summed E-state index contributed by atoms with van der Waals surface area (Å²) in [5, 5.41) is 11.2. The highest BCUT2D eigenvalue weighted by atomic mass is 16.5. The summed E-state index contributed by atoms with van der Waals surface area (Å²) in [6.45, 7) is 1.45. The van der Waals surface area contributed by atoms with Crippen molar-refractivity contribution in [3.63, 3.8) is 0 Å². The van der Waals surface area contributed by atoms with Crippen LogP contribution in [0.3, 0.4) is 0 Å². The topological polar surface area (TPSA) is 75.8 Å². The van der Waals surface area contributed by atoms with Gasteiger partial charge in [-0.2, -0.15) is 0 Å². The van der Waals surface area contributed by atoms with Crippen molar-refractivity contribution in [1.82, 2.24) is 4.90 Å². The Labute approximate surface area is 143 Å². The number of aliphatic hydroxyl groups is 1. The second-order valence-electron chi connectivity index (χ2n) is 7.18. The van der Waals surface area contributed by atoms with Gasteiger partial charge >= 0.3 is 0 Å². The van der Waals surface area contributed by atoms with Crippen LogP contribution < -0.4 is 10.5 Å². The molecule has 5 nitrogen and oxygen atoms in total. The number of hydrogen-bond acceptors (Lipinski definition) is 4. The first-order chi connectivity index (χ1) is 11.5. The van der Waals surface area contributed by atoms with E-state index < -0.39 is 5.60 Å². The molecule has 1 aromatic carbocycles. The molecule has 0 spiro atoms. The lowest BCUT2D eigenvalue weighted by Crippen LogP contribution is -2.55. The number of nitrogens with zero attached hydrogens (tertiary/aromatic N) is 1. The molecule has 1 aliphatic carbocycles. The van der Waals surface area contributed by atoms with Crippen LogP contribution in [0.15, 0.2) is 24.3 Å². The Morgan fingerprint density at radius 1 is 1.33 bits per heavy atom. The molecule has 24 heavy (non-hydrogen) atoms. The second kappa shape index (κ2) is 7.11. The number of ether oxygens (including phenoxy) is 1. The van der Waals surface area contributed by atoms with E-state index in [0.717, 1.165) is 44.4 Å². The number of benzene rings is 1. The van der Waals surface area contributed by atoms with Crippen molar-refractivity contribution in [2.75, 3.05) is 20.2 Å². The highest BCUT2D eigenvalue weighted by molar-refractivity contribution is 5.73. The number of rotatable bonds is 5. The Balaban J connectivity index is 1.89. The summed E-state index contributed by atoms with van der Waals surface area (Å²) in [5.74, 6) is 0.770. The maximum absolute atomic E-state index is 11.2. The summed E-state index contributed by atoms with van der Waals surface area (Å²) in [5.41, 5.74) is 5.97. The maximum atomic E-state index is 11.2. The molecule has 0 radical (unpaired) electrons. The Hall–Kier alpha value is -1.59. The van der Waals surface area contributed by atoms with E-state index >= 15 is 0 Å². The van der Waals surface area contributed by atoms with Crippen LogP contribution in [0.4, 0.5) is 0 Å². The van der Waals surface area contributed by atoms with Gasteiger partial charge in [0.05, 0.1) is 12.7 Å². The molecule has 2 aliphatic rings. The predicted molar refractivity (Wildman–Crippen MR) is 92.6 cm³/mol. The third-order valence-electron chi connectivity index (χ3n) is 5.77. The zero-order chi connectivity index (χ0) is 17.2. The van der Waals surface area contributed by atoms with Gasteiger partial charge in [-0.15, -0.1) is 0 Å². The van der Waals surface area contributed by atoms with Crippen molar-refractivity contribution >= 4 is 5.91 Å². The van der Waals surface area contributed by atoms with Gasteiger partial charge in [0, 0.05) is 31.5 Å². The zero-order valence-electron chi connectivity index (χ0n) is 14.4. The van der Waals surface area contributed by atoms with E-state index in [1.54, 1.807) is 7.11 Å². The fourth-order valence-electron chi connectivity index (χ4n) is 4.49. The Morgan fingerprint density at radius 2 is 2.08 bits per heavy atom. The molecule has 5 heteroatoms. The van der Waals surface area contributed by atoms with Crippen LogP contribution in [-0.2, 0) is 4.79 Å². The molecule has 1 aromatic rings. The number of likely N-dealkylation sites (tertiary alicyclic amines) is 1. The maximum Gasteiger partial charge on any atom is 0.218 e. The van der Waals surface area contributed by atoms with E-state index in [1.165, 1.54) is 5.56 Å². The summed E-state index contributed by atoms with van der Waals surface area (Å²) in [7, 11) is 1.66. The second-order valence-corrected chi connectivity index (χ2v) is 7.18. The number of carbonyl (C=O) groups excluding carboxylic acids is 1. The lowest BCUT2D eigenvalue weighted by atomic mass is 9.66. The van der Waals surface area contributed by atoms with Crippen molar-refractivity contribution < 1.29 is 14.6 Å². The van der Waals surface area contributed by atoms with Gasteiger partial charge in [-0.05, 0) is 37.0 Å². The van der Waals surface area contributed by atoms with E-state index in [0.29, 0.717) is 13.0 Å². The largest absolute Gasteiger partial charge is 0.497 e. The Kier molecular flexibility index (Phi) is 5.11. The van der Waals surface area contributed by atoms with Crippen molar-refractivity contribution in [2.45, 2.75) is 50.2 Å². The van der Waals surface area contributed by atoms with E-state index in [9.17, 15) is 9.90 Å². The third kappa shape index (κ3) is 3.42. The standard InChI is InChI=1S/C19H28N2O3/c1-24-15-7-5-14(6-8-15)18-16-4-2-3-10-19(16,23)11-13-21(18)12-9-17(20)22/h5-8,16,18,23H,2-4,9-13H2,1H3,(H2,20,22). The molecule has 132 valence electrons. The molecule has 2 fully saturated rings. The van der Waals surface area contributed by atoms with Crippen LogP contribution in [0.2, 0.25) is 0 Å². The first-order valence-corrected chi connectivity index (χ1v) is 8.92. The molecule has 3 rings (SSSR count). The molecule has 3 N–H and O–H groups in total. The smallest absolute Gasteiger partial charge is 0.218 e. The summed E-state index contributed by atoms with van der Waals surface area (Å²) in [4.78, 5) is 13.6. The Bertz CT molecular complexity index is 574. The van der Waals surface area contributed by atoms with Gasteiger partial charge in [0.25, 0.3) is 0 Å². The summed E-state index contributed by atoms with van der Waals surface area (Å²) < 4.78 is 5.26. The third-order valence-corrected chi connectivity index (χ3v) is 5.77. The number of fused-ring (bicyclic) bond motifs is 1. The number of methoxy groups -OCH3 is 1. The van der Waals surface area contributed by atoms with E-state index in [-0.39, 0.29) is 17.9 Å². The van der Waals surface area contributed by atoms with Gasteiger partial charge in [0.2, 0.25) is 5.91 Å². The minimum atomic E-state index is -0.577. The van der Waals surface area contributed by atoms with Crippen molar-refractivity contribution in [3.8, 4) is 5.75 Å². The minimum Gasteiger partial charge on any atom is -0.497 e. The molecule has 1 heterocycles. The van der Waals surface area contributed by atoms with Gasteiger partial charge in [-0.1, -0.05) is 25.0 Å². The monoisotopic (exact) mass is 332 g/mol. The molecule has 1 saturated carbocycles. The molecular weight excluding hydrogens is 304 g/mol. The average Bonchev–Trinajstić information content (AvgIpc) is 2.59. The molecule has 0 bridgehead atoms. The van der Waals surface area contributed by atoms with Gasteiger partial charge in [-0.3, -0.25) is 9.69 Å². The van der Waals surface area contributed by atoms with Crippen LogP contribution in [0, 0.1) is 5.92 Å². The highest BCUT2D eigenvalue weighted by Crippen LogP contribution is 2.49. The summed E-state index contributed by atoms with van der Waals surface area (Å²) in [6, 6.07) is 8.24. The quantitative estimate of drug-likeness (QED) is 0.867. The van der Waals surface area contributed by atoms with Crippen molar-refractivity contribution in [3.05, 3.63) is 29.8 Å². The van der Waals surface area contributed by atoms with Crippen LogP contribution in [0.5, 0.6) is 5.75 Å². The molecule has 0 aromatic heterocycles. The zero-order valence-corrected chi connectivity index (χ0v) is 14.4. The fraction of sp³-hybridized carbons (Fsp3) is 0.632. The number of hydrogen-bond donors (Lipinski definition) is 2. The SMILES string of the molecule is COc1ccc(C2C3CCCCC3(O)CCN2CCC(N)=O)cc1. The average molecular weight is 332 g/mol. The van der Waals surface area contributed by atoms with Crippen LogP contribution in [0.1, 0.15) is 50.1 Å². The predicted octanol–water partition coefficient (Wildman–Crippen LogP) is 2.24. The van der Waals surface area contributed by atoms with E-state index in [1.807, 2.05) is 12.1 Å². The number of amides is 1. The molecule has 3 atom stereocenters. The van der Waals surface area contributed by atoms with Gasteiger partial charge in [0.1, 0.15) is 5.75 Å². The van der Waals surface area contributed by atoms with Crippen LogP contribution in [0.25, 0.3) is 0 Å². The minimum absolute atomic E-state index is 0.134. The molecule has 1 saturated heterocycles. The lowest BCUT2D eigenvalue weighted by Gasteiger charge is -2.52. The lowest BCUT2D eigenvalue weighted by molar-refractivity contribution is -0.128. The number of primary amides is 1. The first-order valence-electron chi connectivity index (χ1n) is 8.92. The summed E-state index contributed by atoms with van der Waals surface area (Å²) >= 11 is 0. The van der Waals surface area contributed by atoms with Crippen molar-refractivity contribution in [2.24, 2.45) is 11.7 Å². The number of carbonyl (C=O) groups is 1. The van der Waals surface area contributed by atoms with Crippen LogP contribution in [-0.4, -0.2) is 41.7 Å². The molecule has 1 aliphatic heterocycles. The van der Waals surface area contributed by atoms with Gasteiger partial charge in [0.15, 0.2) is 0 Å². The normalized spacial score (nSPS) is 30.6. The Morgan fingerprint density at radius 3 is 2.75 bits per heavy atom. The van der Waals surface area contributed by atoms with Gasteiger partial charge in [-0.25, -0.2) is 0 Å². The van der Waals surface area contributed by atoms with Crippen LogP contribution >= 0.6 is 0 Å². The highest BCUT2D eigenvalue weighted by Gasteiger charge is 2.48. The first kappa shape index (κ1) is 17.2. The number of piperidine rings is 1. The molecular formula is C19H28N2O3. The summed E-state index contributed by atoms with van der Waals surface area (Å²) in [6.07, 6.45) is 5.31. The fourth-order valence-corrected chi connectivity index (χ4v) is 4.49.